The molecular weight excluding hydrogens is 98.1 g/mol. The van der Waals surface area contributed by atoms with Crippen molar-refractivity contribution in [1.82, 2.24) is 5.32 Å². The van der Waals surface area contributed by atoms with Crippen LogP contribution in [-0.4, -0.2) is 12.6 Å². The van der Waals surface area contributed by atoms with Gasteiger partial charge < -0.3 is 5.32 Å². The van der Waals surface area contributed by atoms with Gasteiger partial charge in [-0.3, -0.25) is 0 Å². The Morgan fingerprint density at radius 1 is 1.75 bits per heavy atom. The molecule has 0 unspecified atom stereocenters. The standard InChI is InChI=1S/C7H13N/c1-3-7-4-6(2)8-5-7/h3,6,8H,4-5H2,1-2H3/b7-3+/t6-/m1/s1. The van der Waals surface area contributed by atoms with Gasteiger partial charge in [0.25, 0.3) is 0 Å². The Kier molecular flexibility index (Phi) is 1.69. The second-order valence-corrected chi connectivity index (χ2v) is 2.43. The summed E-state index contributed by atoms with van der Waals surface area (Å²) in [4.78, 5) is 0. The van der Waals surface area contributed by atoms with E-state index in [4.69, 9.17) is 0 Å². The predicted molar refractivity (Wildman–Crippen MR) is 35.8 cm³/mol. The molecule has 8 heavy (non-hydrogen) atoms. The normalized spacial score (nSPS) is 34.2. The van der Waals surface area contributed by atoms with Gasteiger partial charge in [-0.15, -0.1) is 0 Å². The van der Waals surface area contributed by atoms with E-state index in [1.807, 2.05) is 0 Å². The molecule has 1 fully saturated rings. The summed E-state index contributed by atoms with van der Waals surface area (Å²) in [5, 5.41) is 3.35. The van der Waals surface area contributed by atoms with Gasteiger partial charge >= 0.3 is 0 Å². The van der Waals surface area contributed by atoms with E-state index in [2.05, 4.69) is 25.2 Å². The summed E-state index contributed by atoms with van der Waals surface area (Å²) in [6, 6.07) is 0.709. The van der Waals surface area contributed by atoms with Gasteiger partial charge in [-0.25, -0.2) is 0 Å². The topological polar surface area (TPSA) is 12.0 Å². The number of rotatable bonds is 0. The van der Waals surface area contributed by atoms with Crippen molar-refractivity contribution in [2.75, 3.05) is 6.54 Å². The van der Waals surface area contributed by atoms with Gasteiger partial charge in [0, 0.05) is 12.6 Å². The molecule has 1 saturated heterocycles. The molecule has 0 aromatic heterocycles. The molecule has 1 atom stereocenters. The molecule has 0 aromatic carbocycles. The first-order valence-corrected chi connectivity index (χ1v) is 3.20. The molecule has 1 N–H and O–H groups in total. The highest BCUT2D eigenvalue weighted by Crippen LogP contribution is 2.10. The maximum atomic E-state index is 3.35. The average Bonchev–Trinajstić information content (AvgIpc) is 2.14. The number of allylic oxidation sites excluding steroid dienone is 1. The molecule has 1 aliphatic heterocycles. The van der Waals surface area contributed by atoms with Crippen LogP contribution in [0.5, 0.6) is 0 Å². The molecule has 0 spiro atoms. The van der Waals surface area contributed by atoms with Crippen LogP contribution in [0.2, 0.25) is 0 Å². The van der Waals surface area contributed by atoms with E-state index in [1.165, 1.54) is 6.42 Å². The number of nitrogens with one attached hydrogen (secondary N) is 1. The summed E-state index contributed by atoms with van der Waals surface area (Å²) in [6.07, 6.45) is 3.45. The van der Waals surface area contributed by atoms with E-state index >= 15 is 0 Å². The van der Waals surface area contributed by atoms with Crippen LogP contribution >= 0.6 is 0 Å². The largest absolute Gasteiger partial charge is 0.310 e. The molecule has 1 nitrogen and oxygen atoms in total. The van der Waals surface area contributed by atoms with Crippen LogP contribution in [0.15, 0.2) is 11.6 Å². The van der Waals surface area contributed by atoms with E-state index in [1.54, 1.807) is 5.57 Å². The highest BCUT2D eigenvalue weighted by molar-refractivity contribution is 5.09. The molecule has 1 rings (SSSR count). The molecule has 0 bridgehead atoms. The molecule has 1 heteroatoms. The number of hydrogen-bond acceptors (Lipinski definition) is 1. The summed E-state index contributed by atoms with van der Waals surface area (Å²) < 4.78 is 0. The quantitative estimate of drug-likeness (QED) is 0.465. The number of hydrogen-bond donors (Lipinski definition) is 1. The lowest BCUT2D eigenvalue weighted by molar-refractivity contribution is 0.667. The lowest BCUT2D eigenvalue weighted by Gasteiger charge is -1.94. The van der Waals surface area contributed by atoms with Crippen LogP contribution in [-0.2, 0) is 0 Å². The molecule has 1 heterocycles. The van der Waals surface area contributed by atoms with Gasteiger partial charge in [-0.05, 0) is 20.3 Å². The van der Waals surface area contributed by atoms with Gasteiger partial charge in [-0.2, -0.15) is 0 Å². The second-order valence-electron chi connectivity index (χ2n) is 2.43. The molecular formula is C7H13N. The molecule has 0 radical (unpaired) electrons. The summed E-state index contributed by atoms with van der Waals surface area (Å²) >= 11 is 0. The van der Waals surface area contributed by atoms with Gasteiger partial charge in [0.15, 0.2) is 0 Å². The van der Waals surface area contributed by atoms with Crippen molar-refractivity contribution in [3.8, 4) is 0 Å². The Balaban J connectivity index is 2.44. The Labute approximate surface area is 50.8 Å². The smallest absolute Gasteiger partial charge is 0.0167 e. The van der Waals surface area contributed by atoms with Crippen molar-refractivity contribution in [2.24, 2.45) is 0 Å². The predicted octanol–water partition coefficient (Wildman–Crippen LogP) is 1.31. The van der Waals surface area contributed by atoms with Crippen LogP contribution < -0.4 is 5.32 Å². The van der Waals surface area contributed by atoms with Crippen LogP contribution in [0.4, 0.5) is 0 Å². The molecule has 46 valence electrons. The van der Waals surface area contributed by atoms with E-state index in [-0.39, 0.29) is 0 Å². The highest BCUT2D eigenvalue weighted by Gasteiger charge is 2.11. The maximum Gasteiger partial charge on any atom is 0.0167 e. The SMILES string of the molecule is C/C=C1/CN[C@H](C)C1. The van der Waals surface area contributed by atoms with Crippen molar-refractivity contribution >= 4 is 0 Å². The van der Waals surface area contributed by atoms with Crippen molar-refractivity contribution in [1.29, 1.82) is 0 Å². The van der Waals surface area contributed by atoms with E-state index in [9.17, 15) is 0 Å². The fraction of sp³-hybridized carbons (Fsp3) is 0.714. The zero-order valence-corrected chi connectivity index (χ0v) is 5.57. The van der Waals surface area contributed by atoms with E-state index in [0.29, 0.717) is 6.04 Å². The van der Waals surface area contributed by atoms with Gasteiger partial charge in [0.1, 0.15) is 0 Å². The van der Waals surface area contributed by atoms with Crippen molar-refractivity contribution in [2.45, 2.75) is 26.3 Å². The third-order valence-corrected chi connectivity index (χ3v) is 1.65. The minimum Gasteiger partial charge on any atom is -0.310 e. The molecule has 0 amide bonds. The van der Waals surface area contributed by atoms with Crippen molar-refractivity contribution < 1.29 is 0 Å². The first kappa shape index (κ1) is 5.83. The van der Waals surface area contributed by atoms with Crippen LogP contribution in [0.1, 0.15) is 20.3 Å². The third-order valence-electron chi connectivity index (χ3n) is 1.65. The van der Waals surface area contributed by atoms with Gasteiger partial charge in [0.2, 0.25) is 0 Å². The first-order chi connectivity index (χ1) is 3.83. The zero-order chi connectivity index (χ0) is 5.98. The lowest BCUT2D eigenvalue weighted by atomic mass is 10.2. The Morgan fingerprint density at radius 3 is 2.75 bits per heavy atom. The van der Waals surface area contributed by atoms with Crippen molar-refractivity contribution in [3.63, 3.8) is 0 Å². The lowest BCUT2D eigenvalue weighted by Crippen LogP contribution is -2.16. The minimum absolute atomic E-state index is 0.709. The summed E-state index contributed by atoms with van der Waals surface area (Å²) in [5.74, 6) is 0. The highest BCUT2D eigenvalue weighted by atomic mass is 14.9. The summed E-state index contributed by atoms with van der Waals surface area (Å²) in [7, 11) is 0. The molecule has 0 aliphatic carbocycles. The molecule has 1 aliphatic rings. The second kappa shape index (κ2) is 2.31. The summed E-state index contributed by atoms with van der Waals surface area (Å²) in [5.41, 5.74) is 1.55. The Bertz CT molecular complexity index is 105. The third kappa shape index (κ3) is 1.10. The van der Waals surface area contributed by atoms with Crippen LogP contribution in [0.25, 0.3) is 0 Å². The Morgan fingerprint density at radius 2 is 2.50 bits per heavy atom. The maximum absolute atomic E-state index is 3.35. The van der Waals surface area contributed by atoms with Crippen molar-refractivity contribution in [3.05, 3.63) is 11.6 Å². The zero-order valence-electron chi connectivity index (χ0n) is 5.57. The summed E-state index contributed by atoms with van der Waals surface area (Å²) in [6.45, 7) is 5.43. The van der Waals surface area contributed by atoms with Gasteiger partial charge in [-0.1, -0.05) is 11.6 Å². The fourth-order valence-corrected chi connectivity index (χ4v) is 1.06. The van der Waals surface area contributed by atoms with E-state index < -0.39 is 0 Å². The van der Waals surface area contributed by atoms with Crippen LogP contribution in [0, 0.1) is 0 Å². The molecule has 0 saturated carbocycles. The fourth-order valence-electron chi connectivity index (χ4n) is 1.06. The minimum atomic E-state index is 0.709. The molecule has 0 aromatic rings. The van der Waals surface area contributed by atoms with Crippen LogP contribution in [0.3, 0.4) is 0 Å². The van der Waals surface area contributed by atoms with Gasteiger partial charge in [0.05, 0.1) is 0 Å². The first-order valence-electron chi connectivity index (χ1n) is 3.20. The average molecular weight is 111 g/mol. The Hall–Kier alpha value is -0.300. The van der Waals surface area contributed by atoms with E-state index in [0.717, 1.165) is 6.54 Å². The monoisotopic (exact) mass is 111 g/mol.